The second-order valence-corrected chi connectivity index (χ2v) is 5.25. The van der Waals surface area contributed by atoms with Crippen LogP contribution in [0.1, 0.15) is 5.69 Å². The smallest absolute Gasteiger partial charge is 0.328 e. The number of rotatable bonds is 4. The van der Waals surface area contributed by atoms with Gasteiger partial charge in [-0.3, -0.25) is 14.5 Å². The summed E-state index contributed by atoms with van der Waals surface area (Å²) in [5.74, 6) is -1.06. The summed E-state index contributed by atoms with van der Waals surface area (Å²) in [6, 6.07) is 5.99. The van der Waals surface area contributed by atoms with Crippen molar-refractivity contribution in [2.24, 2.45) is 0 Å². The normalized spacial score (nSPS) is 11.3. The van der Waals surface area contributed by atoms with Crippen LogP contribution >= 0.6 is 11.3 Å². The van der Waals surface area contributed by atoms with Crippen LogP contribution in [0.15, 0.2) is 41.9 Å². The highest BCUT2D eigenvalue weighted by Crippen LogP contribution is 2.28. The molecule has 110 valence electrons. The van der Waals surface area contributed by atoms with Crippen molar-refractivity contribution in [3.05, 3.63) is 57.7 Å². The Morgan fingerprint density at radius 1 is 1.36 bits per heavy atom. The zero-order valence-electron chi connectivity index (χ0n) is 11.0. The molecule has 0 bridgehead atoms. The number of fused-ring (bicyclic) bond motifs is 1. The molecule has 0 aliphatic carbocycles. The molecular weight excluding hydrogens is 306 g/mol. The molecule has 0 aliphatic heterocycles. The van der Waals surface area contributed by atoms with Gasteiger partial charge in [-0.25, -0.2) is 9.78 Å². The first-order valence-electron chi connectivity index (χ1n) is 6.17. The van der Waals surface area contributed by atoms with Crippen molar-refractivity contribution >= 4 is 34.0 Å². The van der Waals surface area contributed by atoms with E-state index in [1.165, 1.54) is 29.5 Å². The van der Waals surface area contributed by atoms with E-state index in [9.17, 15) is 14.9 Å². The van der Waals surface area contributed by atoms with Crippen LogP contribution in [0.3, 0.4) is 0 Å². The largest absolute Gasteiger partial charge is 0.478 e. The quantitative estimate of drug-likeness (QED) is 0.453. The monoisotopic (exact) mass is 315 g/mol. The molecule has 8 heteroatoms. The second-order valence-electron chi connectivity index (χ2n) is 4.38. The molecule has 2 heterocycles. The van der Waals surface area contributed by atoms with E-state index in [0.29, 0.717) is 17.0 Å². The van der Waals surface area contributed by atoms with Crippen LogP contribution in [0.25, 0.3) is 22.3 Å². The number of carbonyl (C=O) groups is 1. The number of non-ortho nitro benzene ring substituents is 1. The number of hydrogen-bond donors (Lipinski definition) is 1. The van der Waals surface area contributed by atoms with Crippen LogP contribution < -0.4 is 0 Å². The Hall–Kier alpha value is -3.00. The van der Waals surface area contributed by atoms with Gasteiger partial charge in [-0.2, -0.15) is 0 Å². The van der Waals surface area contributed by atoms with Crippen LogP contribution in [-0.2, 0) is 4.79 Å². The molecule has 22 heavy (non-hydrogen) atoms. The molecule has 1 aromatic carbocycles. The van der Waals surface area contributed by atoms with E-state index in [4.69, 9.17) is 5.11 Å². The fourth-order valence-electron chi connectivity index (χ4n) is 2.07. The number of imidazole rings is 1. The van der Waals surface area contributed by atoms with Gasteiger partial charge >= 0.3 is 5.97 Å². The maximum Gasteiger partial charge on any atom is 0.328 e. The van der Waals surface area contributed by atoms with Gasteiger partial charge in [0.15, 0.2) is 4.96 Å². The molecule has 0 unspecified atom stereocenters. The molecule has 3 aromatic rings. The number of carboxylic acids is 1. The fraction of sp³-hybridized carbons (Fsp3) is 0. The summed E-state index contributed by atoms with van der Waals surface area (Å²) in [7, 11) is 0. The third-order valence-electron chi connectivity index (χ3n) is 3.03. The Balaban J connectivity index is 2.13. The molecule has 0 radical (unpaired) electrons. The summed E-state index contributed by atoms with van der Waals surface area (Å²) < 4.78 is 1.78. The Labute approximate surface area is 127 Å². The number of benzene rings is 1. The molecule has 1 N–H and O–H groups in total. The van der Waals surface area contributed by atoms with Gasteiger partial charge < -0.3 is 5.11 Å². The first-order chi connectivity index (χ1) is 10.6. The maximum absolute atomic E-state index is 10.7. The number of carboxylic acid groups (broad SMARTS) is 1. The van der Waals surface area contributed by atoms with Gasteiger partial charge in [0.1, 0.15) is 0 Å². The van der Waals surface area contributed by atoms with E-state index in [0.717, 1.165) is 11.0 Å². The molecule has 2 aromatic heterocycles. The second kappa shape index (κ2) is 5.41. The third-order valence-corrected chi connectivity index (χ3v) is 3.79. The number of aromatic nitrogens is 2. The van der Waals surface area contributed by atoms with Crippen molar-refractivity contribution in [2.45, 2.75) is 0 Å². The summed E-state index contributed by atoms with van der Waals surface area (Å²) in [5, 5.41) is 21.4. The van der Waals surface area contributed by atoms with Crippen molar-refractivity contribution < 1.29 is 14.8 Å². The van der Waals surface area contributed by atoms with E-state index in [2.05, 4.69) is 4.98 Å². The van der Waals surface area contributed by atoms with Gasteiger partial charge in [-0.05, 0) is 18.2 Å². The van der Waals surface area contributed by atoms with Crippen molar-refractivity contribution in [3.8, 4) is 11.3 Å². The lowest BCUT2D eigenvalue weighted by Crippen LogP contribution is -1.90. The van der Waals surface area contributed by atoms with Gasteiger partial charge in [0.05, 0.1) is 16.3 Å². The topological polar surface area (TPSA) is 97.7 Å². The van der Waals surface area contributed by atoms with Crippen LogP contribution in [0.2, 0.25) is 0 Å². The number of hydrogen-bond acceptors (Lipinski definition) is 5. The fourth-order valence-corrected chi connectivity index (χ4v) is 2.79. The van der Waals surface area contributed by atoms with Crippen LogP contribution in [-0.4, -0.2) is 25.4 Å². The lowest BCUT2D eigenvalue weighted by molar-refractivity contribution is -0.384. The molecule has 0 saturated carbocycles. The molecule has 0 spiro atoms. The van der Waals surface area contributed by atoms with Crippen LogP contribution in [0, 0.1) is 10.1 Å². The average molecular weight is 315 g/mol. The first kappa shape index (κ1) is 14.0. The van der Waals surface area contributed by atoms with E-state index < -0.39 is 10.9 Å². The number of nitrogens with zero attached hydrogens (tertiary/aromatic N) is 3. The van der Waals surface area contributed by atoms with Crippen LogP contribution in [0.4, 0.5) is 5.69 Å². The van der Waals surface area contributed by atoms with Crippen molar-refractivity contribution in [1.29, 1.82) is 0 Å². The Kier molecular flexibility index (Phi) is 3.43. The lowest BCUT2D eigenvalue weighted by Gasteiger charge is -2.00. The highest BCUT2D eigenvalue weighted by atomic mass is 32.1. The predicted octanol–water partition coefficient (Wildman–Crippen LogP) is 3.07. The molecular formula is C14H9N3O4S. The van der Waals surface area contributed by atoms with E-state index in [1.54, 1.807) is 22.7 Å². The van der Waals surface area contributed by atoms with E-state index >= 15 is 0 Å². The average Bonchev–Trinajstić information content (AvgIpc) is 3.06. The Bertz CT molecular complexity index is 893. The molecule has 0 atom stereocenters. The number of nitro benzene ring substituents is 1. The summed E-state index contributed by atoms with van der Waals surface area (Å²) in [6.07, 6.45) is 4.30. The van der Waals surface area contributed by atoms with E-state index in [-0.39, 0.29) is 5.69 Å². The van der Waals surface area contributed by atoms with Gasteiger partial charge in [0, 0.05) is 35.3 Å². The molecule has 0 amide bonds. The minimum Gasteiger partial charge on any atom is -0.478 e. The molecule has 0 saturated heterocycles. The zero-order valence-corrected chi connectivity index (χ0v) is 11.9. The number of thiazole rings is 1. The Morgan fingerprint density at radius 2 is 2.09 bits per heavy atom. The molecule has 0 aliphatic rings. The maximum atomic E-state index is 10.7. The third kappa shape index (κ3) is 2.47. The SMILES string of the molecule is O=C(O)/C=C/c1c(-c2ccc([N+](=O)[O-])cc2)nc2sccn12. The summed E-state index contributed by atoms with van der Waals surface area (Å²) in [4.78, 5) is 26.2. The van der Waals surface area contributed by atoms with Gasteiger partial charge in [-0.15, -0.1) is 11.3 Å². The summed E-state index contributed by atoms with van der Waals surface area (Å²) in [6.45, 7) is 0. The standard InChI is InChI=1S/C14H9N3O4S/c18-12(19)6-5-11-13(15-14-16(11)7-8-22-14)9-1-3-10(4-2-9)17(20)21/h1-8H,(H,18,19)/b6-5+. The highest BCUT2D eigenvalue weighted by molar-refractivity contribution is 7.15. The molecule has 0 fully saturated rings. The highest BCUT2D eigenvalue weighted by Gasteiger charge is 2.14. The number of nitro groups is 1. The zero-order chi connectivity index (χ0) is 15.7. The van der Waals surface area contributed by atoms with Gasteiger partial charge in [0.25, 0.3) is 5.69 Å². The summed E-state index contributed by atoms with van der Waals surface area (Å²) in [5.41, 5.74) is 1.88. The molecule has 7 nitrogen and oxygen atoms in total. The minimum absolute atomic E-state index is 0.00704. The van der Waals surface area contributed by atoms with Gasteiger partial charge in [-0.1, -0.05) is 0 Å². The first-order valence-corrected chi connectivity index (χ1v) is 7.05. The van der Waals surface area contributed by atoms with E-state index in [1.807, 2.05) is 5.38 Å². The molecule has 3 rings (SSSR count). The number of aliphatic carboxylic acids is 1. The Morgan fingerprint density at radius 3 is 2.73 bits per heavy atom. The van der Waals surface area contributed by atoms with Crippen molar-refractivity contribution in [1.82, 2.24) is 9.38 Å². The summed E-state index contributed by atoms with van der Waals surface area (Å²) >= 11 is 1.42. The minimum atomic E-state index is -1.06. The lowest BCUT2D eigenvalue weighted by atomic mass is 10.1. The van der Waals surface area contributed by atoms with Crippen LogP contribution in [0.5, 0.6) is 0 Å². The predicted molar refractivity (Wildman–Crippen MR) is 81.8 cm³/mol. The van der Waals surface area contributed by atoms with Gasteiger partial charge in [0.2, 0.25) is 0 Å². The van der Waals surface area contributed by atoms with Crippen molar-refractivity contribution in [3.63, 3.8) is 0 Å². The van der Waals surface area contributed by atoms with Crippen molar-refractivity contribution in [2.75, 3.05) is 0 Å².